The van der Waals surface area contributed by atoms with E-state index in [-0.39, 0.29) is 31.0 Å². The lowest BCUT2D eigenvalue weighted by molar-refractivity contribution is 0.179. The minimum atomic E-state index is -3.66. The van der Waals surface area contributed by atoms with Crippen LogP contribution in [0.1, 0.15) is 6.42 Å². The van der Waals surface area contributed by atoms with E-state index >= 15 is 0 Å². The third kappa shape index (κ3) is 4.53. The summed E-state index contributed by atoms with van der Waals surface area (Å²) in [6.07, 6.45) is 0.136. The maximum atomic E-state index is 12.6. The van der Waals surface area contributed by atoms with Gasteiger partial charge in [-0.2, -0.15) is 9.57 Å². The van der Waals surface area contributed by atoms with Crippen LogP contribution in [0.2, 0.25) is 0 Å². The molecular weight excluding hydrogens is 412 g/mol. The Bertz CT molecular complexity index is 599. The van der Waals surface area contributed by atoms with Crippen LogP contribution >= 0.6 is 31.9 Å². The Morgan fingerprint density at radius 2 is 2.05 bits per heavy atom. The van der Waals surface area contributed by atoms with Gasteiger partial charge in [0.2, 0.25) is 10.0 Å². The Morgan fingerprint density at radius 1 is 1.35 bits per heavy atom. The van der Waals surface area contributed by atoms with Crippen LogP contribution in [-0.2, 0) is 14.8 Å². The van der Waals surface area contributed by atoms with Crippen molar-refractivity contribution in [1.82, 2.24) is 4.31 Å². The van der Waals surface area contributed by atoms with Crippen LogP contribution in [0.25, 0.3) is 0 Å². The molecule has 1 aromatic rings. The second kappa shape index (κ2) is 8.10. The number of rotatable bonds is 7. The average Bonchev–Trinajstić information content (AvgIpc) is 2.38. The molecule has 0 amide bonds. The Hall–Kier alpha value is -0.460. The molecule has 0 bridgehead atoms. The molecule has 5 nitrogen and oxygen atoms in total. The van der Waals surface area contributed by atoms with E-state index in [1.807, 2.05) is 6.07 Å². The van der Waals surface area contributed by atoms with Gasteiger partial charge in [0.1, 0.15) is 0 Å². The normalized spacial score (nSPS) is 11.6. The van der Waals surface area contributed by atoms with Gasteiger partial charge in [-0.25, -0.2) is 8.42 Å². The van der Waals surface area contributed by atoms with Gasteiger partial charge in [0, 0.05) is 35.6 Å². The standard InChI is InChI=1S/C12H14Br2N2O3S/c1-19-8-7-16(6-2-5-15)20(17,18)12-4-3-10(13)9-11(12)14/h3-4,9H,2,6-8H2,1H3. The van der Waals surface area contributed by atoms with Crippen molar-refractivity contribution >= 4 is 41.9 Å². The topological polar surface area (TPSA) is 70.4 Å². The average molecular weight is 426 g/mol. The third-order valence-electron chi connectivity index (χ3n) is 2.53. The lowest BCUT2D eigenvalue weighted by Gasteiger charge is -2.21. The molecule has 1 aromatic carbocycles. The van der Waals surface area contributed by atoms with E-state index in [1.165, 1.54) is 17.5 Å². The van der Waals surface area contributed by atoms with Gasteiger partial charge in [0.15, 0.2) is 0 Å². The van der Waals surface area contributed by atoms with Crippen LogP contribution in [0.3, 0.4) is 0 Å². The quantitative estimate of drug-likeness (QED) is 0.673. The predicted molar refractivity (Wildman–Crippen MR) is 82.7 cm³/mol. The highest BCUT2D eigenvalue weighted by molar-refractivity contribution is 9.11. The molecule has 0 aliphatic carbocycles. The van der Waals surface area contributed by atoms with Crippen molar-refractivity contribution in [2.75, 3.05) is 26.8 Å². The summed E-state index contributed by atoms with van der Waals surface area (Å²) < 4.78 is 32.6. The van der Waals surface area contributed by atoms with Crippen LogP contribution < -0.4 is 0 Å². The van der Waals surface area contributed by atoms with Crippen molar-refractivity contribution in [3.63, 3.8) is 0 Å². The molecule has 0 atom stereocenters. The van der Waals surface area contributed by atoms with Gasteiger partial charge in [0.25, 0.3) is 0 Å². The number of sulfonamides is 1. The highest BCUT2D eigenvalue weighted by Gasteiger charge is 2.26. The monoisotopic (exact) mass is 424 g/mol. The highest BCUT2D eigenvalue weighted by atomic mass is 79.9. The minimum Gasteiger partial charge on any atom is -0.383 e. The number of hydrogen-bond donors (Lipinski definition) is 0. The molecule has 20 heavy (non-hydrogen) atoms. The van der Waals surface area contributed by atoms with Crippen molar-refractivity contribution in [2.45, 2.75) is 11.3 Å². The molecule has 0 fully saturated rings. The molecule has 0 aliphatic rings. The first-order valence-electron chi connectivity index (χ1n) is 5.74. The summed E-state index contributed by atoms with van der Waals surface area (Å²) in [4.78, 5) is 0.176. The van der Waals surface area contributed by atoms with E-state index in [2.05, 4.69) is 31.9 Å². The van der Waals surface area contributed by atoms with Crippen molar-refractivity contribution in [3.05, 3.63) is 27.1 Å². The number of hydrogen-bond acceptors (Lipinski definition) is 4. The molecule has 1 rings (SSSR count). The largest absolute Gasteiger partial charge is 0.383 e. The van der Waals surface area contributed by atoms with Gasteiger partial charge in [-0.3, -0.25) is 0 Å². The number of methoxy groups -OCH3 is 1. The SMILES string of the molecule is COCCN(CCC#N)S(=O)(=O)c1ccc(Br)cc1Br. The number of nitriles is 1. The smallest absolute Gasteiger partial charge is 0.244 e. The fraction of sp³-hybridized carbons (Fsp3) is 0.417. The summed E-state index contributed by atoms with van der Waals surface area (Å²) in [7, 11) is -2.15. The lowest BCUT2D eigenvalue weighted by Crippen LogP contribution is -2.34. The summed E-state index contributed by atoms with van der Waals surface area (Å²) in [5, 5.41) is 8.65. The molecule has 0 heterocycles. The van der Waals surface area contributed by atoms with Crippen molar-refractivity contribution in [1.29, 1.82) is 5.26 Å². The zero-order chi connectivity index (χ0) is 15.2. The predicted octanol–water partition coefficient (Wildman–Crippen LogP) is 2.76. The first-order valence-corrected chi connectivity index (χ1v) is 8.77. The van der Waals surface area contributed by atoms with E-state index in [4.69, 9.17) is 10.00 Å². The van der Waals surface area contributed by atoms with Crippen LogP contribution in [0.15, 0.2) is 32.0 Å². The summed E-state index contributed by atoms with van der Waals surface area (Å²) in [6, 6.07) is 6.81. The van der Waals surface area contributed by atoms with Crippen LogP contribution in [0, 0.1) is 11.3 Å². The molecule has 0 N–H and O–H groups in total. The van der Waals surface area contributed by atoms with E-state index in [1.54, 1.807) is 12.1 Å². The van der Waals surface area contributed by atoms with Gasteiger partial charge in [-0.15, -0.1) is 0 Å². The first-order chi connectivity index (χ1) is 9.43. The molecule has 0 aliphatic heterocycles. The zero-order valence-corrected chi connectivity index (χ0v) is 14.8. The molecule has 0 spiro atoms. The van der Waals surface area contributed by atoms with Crippen molar-refractivity contribution in [2.24, 2.45) is 0 Å². The van der Waals surface area contributed by atoms with E-state index in [9.17, 15) is 8.42 Å². The van der Waals surface area contributed by atoms with E-state index < -0.39 is 10.0 Å². The van der Waals surface area contributed by atoms with Gasteiger partial charge in [0.05, 0.1) is 17.6 Å². The fourth-order valence-corrected chi connectivity index (χ4v) is 4.67. The van der Waals surface area contributed by atoms with E-state index in [0.29, 0.717) is 4.47 Å². The summed E-state index contributed by atoms with van der Waals surface area (Å²) >= 11 is 6.54. The molecule has 110 valence electrons. The number of benzene rings is 1. The second-order valence-corrected chi connectivity index (χ2v) is 7.56. The molecule has 0 radical (unpaired) electrons. The van der Waals surface area contributed by atoms with Gasteiger partial charge in [-0.05, 0) is 34.1 Å². The van der Waals surface area contributed by atoms with Gasteiger partial charge in [-0.1, -0.05) is 15.9 Å². The molecule has 0 saturated heterocycles. The Labute approximate surface area is 135 Å². The Balaban J connectivity index is 3.11. The minimum absolute atomic E-state index is 0.136. The van der Waals surface area contributed by atoms with Crippen LogP contribution in [0.5, 0.6) is 0 Å². The summed E-state index contributed by atoms with van der Waals surface area (Å²) in [5.41, 5.74) is 0. The Kier molecular flexibility index (Phi) is 7.12. The maximum Gasteiger partial charge on any atom is 0.244 e. The zero-order valence-electron chi connectivity index (χ0n) is 10.8. The fourth-order valence-electron chi connectivity index (χ4n) is 1.54. The number of nitrogens with zero attached hydrogens (tertiary/aromatic N) is 2. The van der Waals surface area contributed by atoms with Gasteiger partial charge >= 0.3 is 0 Å². The number of ether oxygens (including phenoxy) is 1. The maximum absolute atomic E-state index is 12.6. The van der Waals surface area contributed by atoms with Gasteiger partial charge < -0.3 is 4.74 Å². The Morgan fingerprint density at radius 3 is 2.60 bits per heavy atom. The molecule has 0 aromatic heterocycles. The molecular formula is C12H14Br2N2O3S. The van der Waals surface area contributed by atoms with E-state index in [0.717, 1.165) is 4.47 Å². The van der Waals surface area contributed by atoms with Crippen LogP contribution in [0.4, 0.5) is 0 Å². The van der Waals surface area contributed by atoms with Crippen molar-refractivity contribution in [3.8, 4) is 6.07 Å². The highest BCUT2D eigenvalue weighted by Crippen LogP contribution is 2.28. The molecule has 0 saturated carbocycles. The molecule has 8 heteroatoms. The second-order valence-electron chi connectivity index (χ2n) is 3.88. The van der Waals surface area contributed by atoms with Crippen molar-refractivity contribution < 1.29 is 13.2 Å². The van der Waals surface area contributed by atoms with Crippen LogP contribution in [-0.4, -0.2) is 39.5 Å². The first kappa shape index (κ1) is 17.6. The number of halogens is 2. The summed E-state index contributed by atoms with van der Waals surface area (Å²) in [6.45, 7) is 0.631. The third-order valence-corrected chi connectivity index (χ3v) is 5.90. The lowest BCUT2D eigenvalue weighted by atomic mass is 10.4. The molecule has 0 unspecified atom stereocenters. The summed E-state index contributed by atoms with van der Waals surface area (Å²) in [5.74, 6) is 0.